The molecule has 0 bridgehead atoms. The summed E-state index contributed by atoms with van der Waals surface area (Å²) in [7, 11) is 0. The van der Waals surface area contributed by atoms with Crippen LogP contribution in [0, 0.1) is 20.8 Å². The molecule has 1 aliphatic heterocycles. The van der Waals surface area contributed by atoms with Crippen molar-refractivity contribution in [2.45, 2.75) is 46.7 Å². The van der Waals surface area contributed by atoms with Crippen LogP contribution in [-0.2, 0) is 24.3 Å². The Morgan fingerprint density at radius 3 is 2.54 bits per heavy atom. The fourth-order valence-electron chi connectivity index (χ4n) is 3.78. The minimum atomic E-state index is 0. The summed E-state index contributed by atoms with van der Waals surface area (Å²) in [4.78, 5) is 12.6. The molecule has 4 nitrogen and oxygen atoms in total. The number of carbonyl (C=O) groups is 1. The Morgan fingerprint density at radius 1 is 1.07 bits per heavy atom. The molecule has 2 aromatic carbocycles. The lowest BCUT2D eigenvalue weighted by atomic mass is 10.1. The molecule has 0 fully saturated rings. The number of fused-ring (bicyclic) bond motifs is 1. The first-order valence-corrected chi connectivity index (χ1v) is 9.57. The van der Waals surface area contributed by atoms with Crippen LogP contribution in [0.15, 0.2) is 48.7 Å². The Bertz CT molecular complexity index is 1010. The minimum Gasteiger partial charge on any atom is -1.00 e. The molecule has 0 spiro atoms. The van der Waals surface area contributed by atoms with Crippen molar-refractivity contribution in [1.29, 1.82) is 0 Å². The van der Waals surface area contributed by atoms with E-state index in [2.05, 4.69) is 65.7 Å². The monoisotopic (exact) mass is 395 g/mol. The van der Waals surface area contributed by atoms with Crippen LogP contribution in [0.2, 0.25) is 0 Å². The lowest BCUT2D eigenvalue weighted by Crippen LogP contribution is -3.00. The predicted molar refractivity (Wildman–Crippen MR) is 108 cm³/mol. The fourth-order valence-corrected chi connectivity index (χ4v) is 3.78. The van der Waals surface area contributed by atoms with E-state index in [-0.39, 0.29) is 18.3 Å². The van der Waals surface area contributed by atoms with Crippen molar-refractivity contribution < 1.29 is 21.8 Å². The third-order valence-corrected chi connectivity index (χ3v) is 5.45. The Balaban J connectivity index is 0.00000225. The molecule has 0 saturated carbocycles. The van der Waals surface area contributed by atoms with E-state index in [1.165, 1.54) is 33.8 Å². The van der Waals surface area contributed by atoms with Crippen molar-refractivity contribution in [3.05, 3.63) is 71.2 Å². The third kappa shape index (κ3) is 3.97. The molecule has 0 saturated heterocycles. The normalized spacial score (nSPS) is 12.4. The first kappa shape index (κ1) is 20.2. The maximum Gasteiger partial charge on any atom is 0.266 e. The average Bonchev–Trinajstić information content (AvgIpc) is 3.23. The van der Waals surface area contributed by atoms with Crippen molar-refractivity contribution in [2.75, 3.05) is 5.32 Å². The average molecular weight is 396 g/mol. The Labute approximate surface area is 172 Å². The van der Waals surface area contributed by atoms with E-state index in [1.807, 2.05) is 18.2 Å². The van der Waals surface area contributed by atoms with Crippen LogP contribution in [0.25, 0.3) is 11.3 Å². The molecule has 0 unspecified atom stereocenters. The number of halogens is 1. The van der Waals surface area contributed by atoms with Gasteiger partial charge >= 0.3 is 0 Å². The zero-order valence-corrected chi connectivity index (χ0v) is 17.4. The first-order chi connectivity index (χ1) is 13.0. The molecule has 5 heteroatoms. The molecule has 1 N–H and O–H groups in total. The summed E-state index contributed by atoms with van der Waals surface area (Å²) in [6.07, 6.45) is 4.27. The van der Waals surface area contributed by atoms with Gasteiger partial charge in [-0.25, -0.2) is 9.13 Å². The molecule has 0 aliphatic carbocycles. The predicted octanol–water partition coefficient (Wildman–Crippen LogP) is 0.957. The molecular weight excluding hydrogens is 370 g/mol. The van der Waals surface area contributed by atoms with Crippen LogP contribution in [0.4, 0.5) is 5.69 Å². The van der Waals surface area contributed by atoms with Crippen LogP contribution >= 0.6 is 0 Å². The summed E-state index contributed by atoms with van der Waals surface area (Å²) in [5.74, 6) is 1.25. The van der Waals surface area contributed by atoms with Gasteiger partial charge in [0.05, 0.1) is 13.0 Å². The van der Waals surface area contributed by atoms with Crippen molar-refractivity contribution in [2.24, 2.45) is 0 Å². The molecule has 0 atom stereocenters. The number of anilines is 1. The SMILES string of the molecule is Cc1ccc(-c2c[n+](CC(=O)Nc3ccc(C)c(C)c3)c3n2CCC3)cc1.[Cl-]. The standard InChI is InChI=1S/C23H25N3O.ClH/c1-16-6-9-19(10-7-16)21-14-25(23-5-4-12-26(21)23)15-22(27)24-20-11-8-17(2)18(3)13-20;/h6-11,13-14H,4-5,12,15H2,1-3H3;1H. The zero-order valence-electron chi connectivity index (χ0n) is 16.6. The number of benzene rings is 2. The van der Waals surface area contributed by atoms with Gasteiger partial charge < -0.3 is 17.7 Å². The number of amides is 1. The van der Waals surface area contributed by atoms with Gasteiger partial charge in [0, 0.05) is 11.3 Å². The van der Waals surface area contributed by atoms with Gasteiger partial charge in [0.25, 0.3) is 11.7 Å². The number of rotatable bonds is 4. The summed E-state index contributed by atoms with van der Waals surface area (Å²) >= 11 is 0. The van der Waals surface area contributed by atoms with Crippen LogP contribution in [-0.4, -0.2) is 10.5 Å². The molecule has 2 heterocycles. The van der Waals surface area contributed by atoms with E-state index < -0.39 is 0 Å². The minimum absolute atomic E-state index is 0. The highest BCUT2D eigenvalue weighted by atomic mass is 35.5. The summed E-state index contributed by atoms with van der Waals surface area (Å²) in [6.45, 7) is 7.60. The van der Waals surface area contributed by atoms with E-state index >= 15 is 0 Å². The van der Waals surface area contributed by atoms with Crippen LogP contribution < -0.4 is 22.3 Å². The van der Waals surface area contributed by atoms with Crippen LogP contribution in [0.5, 0.6) is 0 Å². The number of nitrogens with one attached hydrogen (secondary N) is 1. The summed E-state index contributed by atoms with van der Waals surface area (Å²) in [5, 5.41) is 3.04. The van der Waals surface area contributed by atoms with Crippen molar-refractivity contribution in [3.63, 3.8) is 0 Å². The van der Waals surface area contributed by atoms with Gasteiger partial charge in [0.1, 0.15) is 6.20 Å². The Hall–Kier alpha value is -2.59. The second-order valence-corrected chi connectivity index (χ2v) is 7.53. The number of carbonyl (C=O) groups excluding carboxylic acids is 1. The molecule has 28 heavy (non-hydrogen) atoms. The fraction of sp³-hybridized carbons (Fsp3) is 0.304. The van der Waals surface area contributed by atoms with E-state index in [4.69, 9.17) is 0 Å². The smallest absolute Gasteiger partial charge is 0.266 e. The molecule has 1 aromatic heterocycles. The van der Waals surface area contributed by atoms with E-state index in [0.717, 1.165) is 25.1 Å². The van der Waals surface area contributed by atoms with Crippen molar-refractivity contribution in [1.82, 2.24) is 4.57 Å². The van der Waals surface area contributed by atoms with E-state index in [9.17, 15) is 4.79 Å². The topological polar surface area (TPSA) is 37.9 Å². The third-order valence-electron chi connectivity index (χ3n) is 5.45. The van der Waals surface area contributed by atoms with Gasteiger partial charge in [-0.15, -0.1) is 0 Å². The van der Waals surface area contributed by atoms with E-state index in [0.29, 0.717) is 6.54 Å². The van der Waals surface area contributed by atoms with Crippen molar-refractivity contribution in [3.8, 4) is 11.3 Å². The van der Waals surface area contributed by atoms with Gasteiger partial charge in [-0.1, -0.05) is 35.9 Å². The summed E-state index contributed by atoms with van der Waals surface area (Å²) in [5.41, 5.74) is 6.94. The second kappa shape index (κ2) is 8.19. The second-order valence-electron chi connectivity index (χ2n) is 7.53. The number of hydrogen-bond donors (Lipinski definition) is 1. The lowest BCUT2D eigenvalue weighted by Gasteiger charge is -2.07. The van der Waals surface area contributed by atoms with Crippen LogP contribution in [0.3, 0.4) is 0 Å². The quantitative estimate of drug-likeness (QED) is 0.656. The molecular formula is C23H26ClN3O. The number of hydrogen-bond acceptors (Lipinski definition) is 1. The largest absolute Gasteiger partial charge is 1.00 e. The Kier molecular flexibility index (Phi) is 5.90. The van der Waals surface area contributed by atoms with Gasteiger partial charge in [0.2, 0.25) is 0 Å². The molecule has 146 valence electrons. The highest BCUT2D eigenvalue weighted by Crippen LogP contribution is 2.25. The Morgan fingerprint density at radius 2 is 1.82 bits per heavy atom. The van der Waals surface area contributed by atoms with Gasteiger partial charge in [-0.2, -0.15) is 0 Å². The van der Waals surface area contributed by atoms with E-state index in [1.54, 1.807) is 0 Å². The lowest BCUT2D eigenvalue weighted by molar-refractivity contribution is -0.690. The molecule has 3 aromatic rings. The zero-order chi connectivity index (χ0) is 19.0. The molecule has 4 rings (SSSR count). The molecule has 1 aliphatic rings. The summed E-state index contributed by atoms with van der Waals surface area (Å²) in [6, 6.07) is 14.6. The number of aryl methyl sites for hydroxylation is 3. The van der Waals surface area contributed by atoms with Gasteiger partial charge in [-0.05, 0) is 50.5 Å². The van der Waals surface area contributed by atoms with Crippen LogP contribution in [0.1, 0.15) is 28.9 Å². The van der Waals surface area contributed by atoms with Gasteiger partial charge in [0.15, 0.2) is 12.2 Å². The molecule has 1 amide bonds. The summed E-state index contributed by atoms with van der Waals surface area (Å²) < 4.78 is 4.46. The first-order valence-electron chi connectivity index (χ1n) is 9.57. The highest BCUT2D eigenvalue weighted by molar-refractivity contribution is 5.89. The van der Waals surface area contributed by atoms with Crippen molar-refractivity contribution >= 4 is 11.6 Å². The van der Waals surface area contributed by atoms with Gasteiger partial charge in [-0.3, -0.25) is 4.79 Å². The maximum atomic E-state index is 12.6. The molecule has 0 radical (unpaired) electrons. The number of imidazole rings is 1. The number of aromatic nitrogens is 2. The number of nitrogens with zero attached hydrogens (tertiary/aromatic N) is 2. The maximum absolute atomic E-state index is 12.6. The highest BCUT2D eigenvalue weighted by Gasteiger charge is 2.29.